The number of rotatable bonds is 2. The van der Waals surface area contributed by atoms with Crippen molar-refractivity contribution in [1.82, 2.24) is 14.9 Å². The van der Waals surface area contributed by atoms with E-state index >= 15 is 0 Å². The molecule has 0 atom stereocenters. The topological polar surface area (TPSA) is 36.9 Å². The fraction of sp³-hybridized carbons (Fsp3) is 0.250. The van der Waals surface area contributed by atoms with Crippen molar-refractivity contribution in [3.05, 3.63) is 22.3 Å². The molecular weight excluding hydrogens is 216 g/mol. The first kappa shape index (κ1) is 9.42. The molecule has 4 nitrogen and oxygen atoms in total. The van der Waals surface area contributed by atoms with Crippen molar-refractivity contribution in [1.29, 1.82) is 0 Å². The first-order valence-corrected chi connectivity index (χ1v) is 5.38. The van der Waals surface area contributed by atoms with E-state index in [9.17, 15) is 0 Å². The van der Waals surface area contributed by atoms with E-state index in [-0.39, 0.29) is 0 Å². The van der Waals surface area contributed by atoms with Gasteiger partial charge in [0.15, 0.2) is 5.82 Å². The predicted molar refractivity (Wildman–Crippen MR) is 60.8 cm³/mol. The van der Waals surface area contributed by atoms with Crippen LogP contribution in [0.25, 0.3) is 10.7 Å². The third-order valence-electron chi connectivity index (χ3n) is 1.79. The van der Waals surface area contributed by atoms with Crippen molar-refractivity contribution in [2.75, 3.05) is 19.1 Å². The molecule has 6 heteroatoms. The molecule has 0 aliphatic carbocycles. The Morgan fingerprint density at radius 3 is 2.93 bits per heavy atom. The minimum atomic E-state index is 0.610. The molecule has 0 aromatic carbocycles. The van der Waals surface area contributed by atoms with E-state index in [4.69, 9.17) is 12.2 Å². The van der Waals surface area contributed by atoms with Crippen molar-refractivity contribution in [2.45, 2.75) is 0 Å². The van der Waals surface area contributed by atoms with Crippen LogP contribution in [0.2, 0.25) is 0 Å². The van der Waals surface area contributed by atoms with Gasteiger partial charge in [0, 0.05) is 14.1 Å². The zero-order valence-corrected chi connectivity index (χ0v) is 9.52. The lowest BCUT2D eigenvalue weighted by atomic mass is 10.4. The quantitative estimate of drug-likeness (QED) is 0.794. The summed E-state index contributed by atoms with van der Waals surface area (Å²) in [6.07, 6.45) is 0. The third kappa shape index (κ3) is 1.46. The van der Waals surface area contributed by atoms with Crippen molar-refractivity contribution in [3.8, 4) is 10.7 Å². The Hall–Kier alpha value is -1.14. The molecule has 0 fully saturated rings. The summed E-state index contributed by atoms with van der Waals surface area (Å²) in [5, 5.41) is 10.9. The molecule has 1 N–H and O–H groups in total. The standard InChI is InChI=1S/C8H10N4S2/c1-11(2)12-7(9-10-8(12)13)6-4-3-5-14-6/h3-5H,1-2H3,(H,10,13). The van der Waals surface area contributed by atoms with E-state index in [1.807, 2.05) is 41.3 Å². The molecule has 74 valence electrons. The van der Waals surface area contributed by atoms with Crippen molar-refractivity contribution >= 4 is 23.6 Å². The van der Waals surface area contributed by atoms with Crippen LogP contribution in [0.5, 0.6) is 0 Å². The number of aromatic amines is 1. The van der Waals surface area contributed by atoms with Crippen LogP contribution in [0.1, 0.15) is 0 Å². The van der Waals surface area contributed by atoms with Crippen LogP contribution < -0.4 is 5.01 Å². The minimum Gasteiger partial charge on any atom is -0.315 e. The number of hydrogen-bond acceptors (Lipinski definition) is 4. The summed E-state index contributed by atoms with van der Waals surface area (Å²) in [7, 11) is 3.87. The van der Waals surface area contributed by atoms with Crippen LogP contribution >= 0.6 is 23.6 Å². The highest BCUT2D eigenvalue weighted by molar-refractivity contribution is 7.71. The van der Waals surface area contributed by atoms with Gasteiger partial charge in [-0.25, -0.2) is 9.77 Å². The summed E-state index contributed by atoms with van der Waals surface area (Å²) >= 11 is 6.78. The summed E-state index contributed by atoms with van der Waals surface area (Å²) in [6, 6.07) is 4.02. The van der Waals surface area contributed by atoms with Gasteiger partial charge < -0.3 is 5.01 Å². The number of nitrogens with one attached hydrogen (secondary N) is 1. The van der Waals surface area contributed by atoms with E-state index in [2.05, 4.69) is 10.2 Å². The molecule has 0 saturated heterocycles. The lowest BCUT2D eigenvalue weighted by molar-refractivity contribution is 0.726. The van der Waals surface area contributed by atoms with E-state index in [0.29, 0.717) is 4.77 Å². The first-order valence-electron chi connectivity index (χ1n) is 4.09. The van der Waals surface area contributed by atoms with Crippen LogP contribution in [-0.4, -0.2) is 29.0 Å². The zero-order valence-electron chi connectivity index (χ0n) is 7.89. The van der Waals surface area contributed by atoms with Gasteiger partial charge in [-0.1, -0.05) is 6.07 Å². The molecule has 2 rings (SSSR count). The average Bonchev–Trinajstić information content (AvgIpc) is 2.70. The highest BCUT2D eigenvalue weighted by Gasteiger charge is 2.10. The molecular formula is C8H10N4S2. The predicted octanol–water partition coefficient (Wildman–Crippen LogP) is 1.87. The Morgan fingerprint density at radius 2 is 2.36 bits per heavy atom. The van der Waals surface area contributed by atoms with E-state index in [1.165, 1.54) is 0 Å². The van der Waals surface area contributed by atoms with Crippen LogP contribution in [0.15, 0.2) is 17.5 Å². The normalized spacial score (nSPS) is 10.4. The molecule has 14 heavy (non-hydrogen) atoms. The van der Waals surface area contributed by atoms with E-state index in [0.717, 1.165) is 10.7 Å². The van der Waals surface area contributed by atoms with Crippen molar-refractivity contribution < 1.29 is 0 Å². The average molecular weight is 226 g/mol. The van der Waals surface area contributed by atoms with Gasteiger partial charge in [-0.3, -0.25) is 0 Å². The highest BCUT2D eigenvalue weighted by atomic mass is 32.1. The summed E-state index contributed by atoms with van der Waals surface area (Å²) in [4.78, 5) is 1.10. The minimum absolute atomic E-state index is 0.610. The summed E-state index contributed by atoms with van der Waals surface area (Å²) in [6.45, 7) is 0. The molecule has 0 spiro atoms. The van der Waals surface area contributed by atoms with Gasteiger partial charge in [0.1, 0.15) is 0 Å². The first-order chi connectivity index (χ1) is 6.70. The molecule has 0 bridgehead atoms. The van der Waals surface area contributed by atoms with Gasteiger partial charge in [0.05, 0.1) is 4.88 Å². The molecule has 0 saturated carbocycles. The van der Waals surface area contributed by atoms with Crippen molar-refractivity contribution in [2.24, 2.45) is 0 Å². The fourth-order valence-electron chi connectivity index (χ4n) is 1.23. The molecule has 2 heterocycles. The van der Waals surface area contributed by atoms with Crippen LogP contribution in [-0.2, 0) is 0 Å². The molecule has 0 aliphatic rings. The third-order valence-corrected chi connectivity index (χ3v) is 2.92. The van der Waals surface area contributed by atoms with Gasteiger partial charge in [-0.15, -0.1) is 11.3 Å². The lowest BCUT2D eigenvalue weighted by Gasteiger charge is -2.14. The highest BCUT2D eigenvalue weighted by Crippen LogP contribution is 2.22. The Morgan fingerprint density at radius 1 is 1.57 bits per heavy atom. The molecule has 0 radical (unpaired) electrons. The summed E-state index contributed by atoms with van der Waals surface area (Å²) < 4.78 is 2.47. The number of hydrogen-bond donors (Lipinski definition) is 1. The fourth-order valence-corrected chi connectivity index (χ4v) is 2.22. The second kappa shape index (κ2) is 3.55. The van der Waals surface area contributed by atoms with Crippen LogP contribution in [0.4, 0.5) is 0 Å². The summed E-state index contributed by atoms with van der Waals surface area (Å²) in [5.74, 6) is 0.856. The molecule has 2 aromatic heterocycles. The zero-order chi connectivity index (χ0) is 10.1. The lowest BCUT2D eigenvalue weighted by Crippen LogP contribution is -2.25. The second-order valence-electron chi connectivity index (χ2n) is 2.99. The SMILES string of the molecule is CN(C)n1c(-c2cccs2)n[nH]c1=S. The molecule has 0 amide bonds. The smallest absolute Gasteiger partial charge is 0.214 e. The Bertz CT molecular complexity index is 466. The Labute approximate surface area is 90.8 Å². The second-order valence-corrected chi connectivity index (χ2v) is 4.32. The van der Waals surface area contributed by atoms with Crippen LogP contribution in [0, 0.1) is 4.77 Å². The maximum Gasteiger partial charge on any atom is 0.214 e. The van der Waals surface area contributed by atoms with E-state index < -0.39 is 0 Å². The van der Waals surface area contributed by atoms with Crippen LogP contribution in [0.3, 0.4) is 0 Å². The number of thiophene rings is 1. The van der Waals surface area contributed by atoms with Gasteiger partial charge >= 0.3 is 0 Å². The Kier molecular flexibility index (Phi) is 2.39. The van der Waals surface area contributed by atoms with E-state index in [1.54, 1.807) is 11.3 Å². The molecule has 2 aromatic rings. The van der Waals surface area contributed by atoms with Gasteiger partial charge in [-0.05, 0) is 23.7 Å². The number of nitrogens with zero attached hydrogens (tertiary/aromatic N) is 3. The Balaban J connectivity index is 2.60. The number of aromatic nitrogens is 3. The molecule has 0 aliphatic heterocycles. The maximum absolute atomic E-state index is 5.13. The van der Waals surface area contributed by atoms with Crippen molar-refractivity contribution in [3.63, 3.8) is 0 Å². The molecule has 0 unspecified atom stereocenters. The number of H-pyrrole nitrogens is 1. The van der Waals surface area contributed by atoms with Gasteiger partial charge in [-0.2, -0.15) is 5.10 Å². The largest absolute Gasteiger partial charge is 0.315 e. The van der Waals surface area contributed by atoms with Gasteiger partial charge in [0.25, 0.3) is 0 Å². The van der Waals surface area contributed by atoms with Gasteiger partial charge in [0.2, 0.25) is 4.77 Å². The maximum atomic E-state index is 5.13. The monoisotopic (exact) mass is 226 g/mol. The summed E-state index contributed by atoms with van der Waals surface area (Å²) in [5.41, 5.74) is 0.